The Morgan fingerprint density at radius 1 is 1.35 bits per heavy atom. The molecule has 1 heterocycles. The number of unbranched alkanes of at least 4 members (excludes halogenated alkanes) is 1. The van der Waals surface area contributed by atoms with E-state index in [2.05, 4.69) is 11.4 Å². The Bertz CT molecular complexity index is 364. The highest BCUT2D eigenvalue weighted by Crippen LogP contribution is 2.16. The van der Waals surface area contributed by atoms with Gasteiger partial charge in [-0.1, -0.05) is 30.9 Å². The Morgan fingerprint density at radius 2 is 2.00 bits per heavy atom. The lowest BCUT2D eigenvalue weighted by atomic mass is 10.1. The number of rotatable bonds is 8. The summed E-state index contributed by atoms with van der Waals surface area (Å²) in [6.45, 7) is 5.67. The van der Waals surface area contributed by atoms with E-state index in [4.69, 9.17) is 4.74 Å². The molecule has 6 nitrogen and oxygen atoms in total. The third kappa shape index (κ3) is 5.03. The van der Waals surface area contributed by atoms with E-state index in [0.717, 1.165) is 25.7 Å². The molecule has 1 unspecified atom stereocenters. The smallest absolute Gasteiger partial charge is 0.429 e. The molecule has 0 aromatic heterocycles. The molecule has 0 bridgehead atoms. The highest BCUT2D eigenvalue weighted by molar-refractivity contribution is 6.01. The van der Waals surface area contributed by atoms with Crippen molar-refractivity contribution in [1.29, 1.82) is 0 Å². The third-order valence-electron chi connectivity index (χ3n) is 3.01. The SMILES string of the molecule is C=CCCC(CCCC)OC(=O)ON1C(=O)CCC1=O. The van der Waals surface area contributed by atoms with E-state index in [1.165, 1.54) is 0 Å². The summed E-state index contributed by atoms with van der Waals surface area (Å²) in [5.41, 5.74) is 0. The molecule has 2 amide bonds. The van der Waals surface area contributed by atoms with Crippen LogP contribution < -0.4 is 0 Å². The summed E-state index contributed by atoms with van der Waals surface area (Å²) in [6, 6.07) is 0. The molecule has 0 radical (unpaired) electrons. The van der Waals surface area contributed by atoms with Crippen molar-refractivity contribution in [2.75, 3.05) is 0 Å². The Labute approximate surface area is 118 Å². The van der Waals surface area contributed by atoms with E-state index < -0.39 is 18.0 Å². The first-order valence-corrected chi connectivity index (χ1v) is 6.93. The Balaban J connectivity index is 2.45. The fraction of sp³-hybridized carbons (Fsp3) is 0.643. The first-order valence-electron chi connectivity index (χ1n) is 6.93. The summed E-state index contributed by atoms with van der Waals surface area (Å²) in [7, 11) is 0. The van der Waals surface area contributed by atoms with Gasteiger partial charge in [-0.05, 0) is 19.3 Å². The first-order chi connectivity index (χ1) is 9.58. The second-order valence-corrected chi connectivity index (χ2v) is 4.67. The quantitative estimate of drug-likeness (QED) is 0.389. The first kappa shape index (κ1) is 16.2. The minimum absolute atomic E-state index is 0.0713. The van der Waals surface area contributed by atoms with Crippen LogP contribution in [-0.4, -0.2) is 29.1 Å². The maximum Gasteiger partial charge on any atom is 0.534 e. The number of hydrogen-bond acceptors (Lipinski definition) is 5. The topological polar surface area (TPSA) is 72.9 Å². The zero-order valence-electron chi connectivity index (χ0n) is 11.8. The summed E-state index contributed by atoms with van der Waals surface area (Å²) < 4.78 is 5.16. The van der Waals surface area contributed by atoms with Gasteiger partial charge in [0.15, 0.2) is 0 Å². The van der Waals surface area contributed by atoms with E-state index in [1.54, 1.807) is 6.08 Å². The minimum atomic E-state index is -1.00. The molecule has 0 aromatic rings. The van der Waals surface area contributed by atoms with Crippen LogP contribution in [0.3, 0.4) is 0 Å². The van der Waals surface area contributed by atoms with Gasteiger partial charge in [-0.25, -0.2) is 4.79 Å². The number of ether oxygens (including phenoxy) is 1. The van der Waals surface area contributed by atoms with Crippen molar-refractivity contribution in [2.24, 2.45) is 0 Å². The van der Waals surface area contributed by atoms with Crippen molar-refractivity contribution in [3.8, 4) is 0 Å². The lowest BCUT2D eigenvalue weighted by molar-refractivity contribution is -0.178. The van der Waals surface area contributed by atoms with Gasteiger partial charge >= 0.3 is 6.16 Å². The van der Waals surface area contributed by atoms with Crippen LogP contribution in [0.1, 0.15) is 51.9 Å². The average Bonchev–Trinajstić information content (AvgIpc) is 2.73. The molecule has 112 valence electrons. The maximum absolute atomic E-state index is 11.6. The summed E-state index contributed by atoms with van der Waals surface area (Å²) in [5.74, 6) is -1.02. The summed E-state index contributed by atoms with van der Waals surface area (Å²) >= 11 is 0. The predicted octanol–water partition coefficient (Wildman–Crippen LogP) is 2.73. The van der Waals surface area contributed by atoms with Crippen LogP contribution >= 0.6 is 0 Å². The van der Waals surface area contributed by atoms with Crippen LogP contribution in [0.15, 0.2) is 12.7 Å². The van der Waals surface area contributed by atoms with E-state index in [1.807, 2.05) is 6.92 Å². The molecule has 1 saturated heterocycles. The Morgan fingerprint density at radius 3 is 2.55 bits per heavy atom. The van der Waals surface area contributed by atoms with Crippen molar-refractivity contribution in [1.82, 2.24) is 5.06 Å². The van der Waals surface area contributed by atoms with Crippen LogP contribution in [-0.2, 0) is 19.2 Å². The molecule has 0 aromatic carbocycles. The zero-order valence-corrected chi connectivity index (χ0v) is 11.8. The maximum atomic E-state index is 11.6. The molecule has 1 aliphatic rings. The molecule has 1 fully saturated rings. The number of amides is 2. The molecule has 1 rings (SSSR count). The number of carbonyl (C=O) groups excluding carboxylic acids is 3. The molecule has 0 spiro atoms. The molecule has 6 heteroatoms. The van der Waals surface area contributed by atoms with Crippen molar-refractivity contribution in [2.45, 2.75) is 58.0 Å². The monoisotopic (exact) mass is 283 g/mol. The number of imide groups is 1. The van der Waals surface area contributed by atoms with Crippen LogP contribution in [0.5, 0.6) is 0 Å². The van der Waals surface area contributed by atoms with Gasteiger partial charge in [0.25, 0.3) is 11.8 Å². The summed E-state index contributed by atoms with van der Waals surface area (Å²) in [4.78, 5) is 38.9. The van der Waals surface area contributed by atoms with E-state index >= 15 is 0 Å². The van der Waals surface area contributed by atoms with Crippen molar-refractivity contribution >= 4 is 18.0 Å². The summed E-state index contributed by atoms with van der Waals surface area (Å²) in [6.07, 6.45) is 4.63. The Kier molecular flexibility index (Phi) is 6.76. The average molecular weight is 283 g/mol. The highest BCUT2D eigenvalue weighted by atomic mass is 16.8. The number of hydrogen-bond donors (Lipinski definition) is 0. The van der Waals surface area contributed by atoms with Crippen LogP contribution in [0, 0.1) is 0 Å². The Hall–Kier alpha value is -1.85. The number of allylic oxidation sites excluding steroid dienone is 1. The predicted molar refractivity (Wildman–Crippen MR) is 71.4 cm³/mol. The number of nitrogens with zero attached hydrogens (tertiary/aromatic N) is 1. The van der Waals surface area contributed by atoms with Crippen LogP contribution in [0.2, 0.25) is 0 Å². The van der Waals surface area contributed by atoms with Crippen molar-refractivity contribution in [3.63, 3.8) is 0 Å². The van der Waals surface area contributed by atoms with E-state index in [-0.39, 0.29) is 18.9 Å². The molecule has 1 aliphatic heterocycles. The van der Waals surface area contributed by atoms with Gasteiger partial charge in [-0.15, -0.1) is 6.58 Å². The third-order valence-corrected chi connectivity index (χ3v) is 3.01. The largest absolute Gasteiger partial charge is 0.534 e. The van der Waals surface area contributed by atoms with Gasteiger partial charge in [0.2, 0.25) is 0 Å². The molecule has 0 aliphatic carbocycles. The lowest BCUT2D eigenvalue weighted by Gasteiger charge is -2.18. The van der Waals surface area contributed by atoms with Crippen molar-refractivity contribution in [3.05, 3.63) is 12.7 Å². The fourth-order valence-corrected chi connectivity index (χ4v) is 1.89. The number of hydroxylamine groups is 2. The summed E-state index contributed by atoms with van der Waals surface area (Å²) in [5, 5.41) is 0.493. The standard InChI is InChI=1S/C14H21NO5/c1-3-5-7-11(8-6-4-2)19-14(18)20-15-12(16)9-10-13(15)17/h3,11H,1,4-10H2,2H3. The highest BCUT2D eigenvalue weighted by Gasteiger charge is 2.33. The second kappa shape index (κ2) is 8.35. The molecule has 0 saturated carbocycles. The molecular weight excluding hydrogens is 262 g/mol. The lowest BCUT2D eigenvalue weighted by Crippen LogP contribution is -2.33. The van der Waals surface area contributed by atoms with E-state index in [9.17, 15) is 14.4 Å². The normalized spacial score (nSPS) is 16.1. The van der Waals surface area contributed by atoms with Gasteiger partial charge in [-0.3, -0.25) is 14.4 Å². The van der Waals surface area contributed by atoms with Crippen LogP contribution in [0.4, 0.5) is 4.79 Å². The molecule has 1 atom stereocenters. The van der Waals surface area contributed by atoms with Crippen LogP contribution in [0.25, 0.3) is 0 Å². The number of carbonyl (C=O) groups is 3. The molecular formula is C14H21NO5. The van der Waals surface area contributed by atoms with Gasteiger partial charge in [0, 0.05) is 12.8 Å². The van der Waals surface area contributed by atoms with Crippen molar-refractivity contribution < 1.29 is 24.0 Å². The van der Waals surface area contributed by atoms with Gasteiger partial charge < -0.3 is 4.74 Å². The zero-order chi connectivity index (χ0) is 15.0. The molecule has 0 N–H and O–H groups in total. The van der Waals surface area contributed by atoms with Gasteiger partial charge in [-0.2, -0.15) is 0 Å². The fourth-order valence-electron chi connectivity index (χ4n) is 1.89. The van der Waals surface area contributed by atoms with E-state index in [0.29, 0.717) is 11.5 Å². The molecule has 20 heavy (non-hydrogen) atoms. The minimum Gasteiger partial charge on any atom is -0.429 e. The second-order valence-electron chi connectivity index (χ2n) is 4.67. The van der Waals surface area contributed by atoms with Gasteiger partial charge in [0.05, 0.1) is 0 Å². The van der Waals surface area contributed by atoms with Gasteiger partial charge in [0.1, 0.15) is 6.10 Å².